The molecule has 1 heterocycles. The van der Waals surface area contributed by atoms with Gasteiger partial charge in [0.2, 0.25) is 5.91 Å². The zero-order valence-electron chi connectivity index (χ0n) is 15.2. The summed E-state index contributed by atoms with van der Waals surface area (Å²) >= 11 is 0. The summed E-state index contributed by atoms with van der Waals surface area (Å²) in [6.45, 7) is 3.02. The van der Waals surface area contributed by atoms with E-state index in [2.05, 4.69) is 16.3 Å². The Morgan fingerprint density at radius 1 is 1.15 bits per heavy atom. The minimum absolute atomic E-state index is 0.0386. The van der Waals surface area contributed by atoms with E-state index >= 15 is 0 Å². The number of amides is 1. The van der Waals surface area contributed by atoms with Gasteiger partial charge in [-0.3, -0.25) is 4.79 Å². The number of benzene rings is 2. The third kappa shape index (κ3) is 4.91. The number of hydrogen-bond donors (Lipinski definition) is 1. The predicted octanol–water partition coefficient (Wildman–Crippen LogP) is 3.11. The number of hydrogen-bond acceptors (Lipinski definition) is 4. The molecular formula is C21H26N2O3. The molecule has 138 valence electrons. The fourth-order valence-corrected chi connectivity index (χ4v) is 3.23. The SMILES string of the molecule is COc1ccccc1N1CC[C@@H](CNC(=O)CCOc2ccccc2)C1. The van der Waals surface area contributed by atoms with Crippen molar-refractivity contribution in [2.24, 2.45) is 5.92 Å². The lowest BCUT2D eigenvalue weighted by Gasteiger charge is -2.21. The first-order chi connectivity index (χ1) is 12.8. The van der Waals surface area contributed by atoms with Gasteiger partial charge in [0.25, 0.3) is 0 Å². The number of methoxy groups -OCH3 is 1. The lowest BCUT2D eigenvalue weighted by Crippen LogP contribution is -2.31. The smallest absolute Gasteiger partial charge is 0.223 e. The number of anilines is 1. The second kappa shape index (κ2) is 9.13. The molecule has 0 aromatic heterocycles. The predicted molar refractivity (Wildman–Crippen MR) is 103 cm³/mol. The van der Waals surface area contributed by atoms with Gasteiger partial charge >= 0.3 is 0 Å². The molecule has 1 aliphatic rings. The molecule has 1 aliphatic heterocycles. The van der Waals surface area contributed by atoms with Crippen LogP contribution in [0.4, 0.5) is 5.69 Å². The van der Waals surface area contributed by atoms with Crippen molar-refractivity contribution < 1.29 is 14.3 Å². The highest BCUT2D eigenvalue weighted by Gasteiger charge is 2.24. The molecule has 0 saturated carbocycles. The molecule has 1 amide bonds. The lowest BCUT2D eigenvalue weighted by atomic mass is 10.1. The van der Waals surface area contributed by atoms with Gasteiger partial charge in [0.05, 0.1) is 25.8 Å². The number of carbonyl (C=O) groups excluding carboxylic acids is 1. The summed E-state index contributed by atoms with van der Waals surface area (Å²) in [5.41, 5.74) is 1.13. The number of ether oxygens (including phenoxy) is 2. The average Bonchev–Trinajstić information content (AvgIpc) is 3.16. The van der Waals surface area contributed by atoms with E-state index in [0.717, 1.165) is 36.7 Å². The minimum atomic E-state index is 0.0386. The first kappa shape index (κ1) is 18.1. The molecule has 1 fully saturated rings. The van der Waals surface area contributed by atoms with Gasteiger partial charge < -0.3 is 19.7 Å². The Balaban J connectivity index is 1.38. The lowest BCUT2D eigenvalue weighted by molar-refractivity contribution is -0.121. The Labute approximate surface area is 154 Å². The zero-order valence-corrected chi connectivity index (χ0v) is 15.2. The minimum Gasteiger partial charge on any atom is -0.495 e. The van der Waals surface area contributed by atoms with Gasteiger partial charge in [0.1, 0.15) is 11.5 Å². The van der Waals surface area contributed by atoms with Crippen LogP contribution >= 0.6 is 0 Å². The Kier molecular flexibility index (Phi) is 6.36. The van der Waals surface area contributed by atoms with Gasteiger partial charge in [-0.15, -0.1) is 0 Å². The van der Waals surface area contributed by atoms with Crippen molar-refractivity contribution in [2.45, 2.75) is 12.8 Å². The van der Waals surface area contributed by atoms with Crippen molar-refractivity contribution >= 4 is 11.6 Å². The van der Waals surface area contributed by atoms with Gasteiger partial charge in [-0.25, -0.2) is 0 Å². The summed E-state index contributed by atoms with van der Waals surface area (Å²) < 4.78 is 11.0. The van der Waals surface area contributed by atoms with Crippen LogP contribution in [0, 0.1) is 5.92 Å². The average molecular weight is 354 g/mol. The number of rotatable bonds is 8. The molecule has 0 aliphatic carbocycles. The first-order valence-corrected chi connectivity index (χ1v) is 9.09. The van der Waals surface area contributed by atoms with Crippen LogP contribution in [0.1, 0.15) is 12.8 Å². The number of para-hydroxylation sites is 3. The molecule has 0 spiro atoms. The van der Waals surface area contributed by atoms with Crippen LogP contribution < -0.4 is 19.7 Å². The van der Waals surface area contributed by atoms with Crippen LogP contribution in [0.2, 0.25) is 0 Å². The standard InChI is InChI=1S/C21H26N2O3/c1-25-20-10-6-5-9-19(20)23-13-11-17(16-23)15-22-21(24)12-14-26-18-7-3-2-4-8-18/h2-10,17H,11-16H2,1H3,(H,22,24)/t17-/m0/s1. The van der Waals surface area contributed by atoms with Gasteiger partial charge in [-0.1, -0.05) is 30.3 Å². The zero-order chi connectivity index (χ0) is 18.2. The maximum atomic E-state index is 12.0. The van der Waals surface area contributed by atoms with Crippen LogP contribution in [0.5, 0.6) is 11.5 Å². The van der Waals surface area contributed by atoms with E-state index in [1.54, 1.807) is 7.11 Å². The summed E-state index contributed by atoms with van der Waals surface area (Å²) in [6.07, 6.45) is 1.44. The van der Waals surface area contributed by atoms with E-state index in [-0.39, 0.29) is 5.91 Å². The molecule has 0 bridgehead atoms. The molecule has 2 aromatic rings. The summed E-state index contributed by atoms with van der Waals surface area (Å²) in [6, 6.07) is 17.6. The topological polar surface area (TPSA) is 50.8 Å². The van der Waals surface area contributed by atoms with Crippen molar-refractivity contribution in [3.05, 3.63) is 54.6 Å². The molecule has 1 N–H and O–H groups in total. The van der Waals surface area contributed by atoms with Crippen molar-refractivity contribution in [1.29, 1.82) is 0 Å². The summed E-state index contributed by atoms with van der Waals surface area (Å²) in [7, 11) is 1.70. The quantitative estimate of drug-likeness (QED) is 0.791. The van der Waals surface area contributed by atoms with E-state index in [1.165, 1.54) is 0 Å². The van der Waals surface area contributed by atoms with Crippen molar-refractivity contribution in [3.8, 4) is 11.5 Å². The second-order valence-electron chi connectivity index (χ2n) is 6.49. The summed E-state index contributed by atoms with van der Waals surface area (Å²) in [4.78, 5) is 14.3. The van der Waals surface area contributed by atoms with Crippen molar-refractivity contribution in [2.75, 3.05) is 38.3 Å². The third-order valence-corrected chi connectivity index (χ3v) is 4.64. The van der Waals surface area contributed by atoms with Crippen LogP contribution in [-0.4, -0.2) is 39.3 Å². The van der Waals surface area contributed by atoms with Gasteiger partial charge in [-0.05, 0) is 36.6 Å². The molecule has 26 heavy (non-hydrogen) atoms. The first-order valence-electron chi connectivity index (χ1n) is 9.09. The molecule has 1 atom stereocenters. The van der Waals surface area contributed by atoms with E-state index in [4.69, 9.17) is 9.47 Å². The van der Waals surface area contributed by atoms with Crippen LogP contribution in [-0.2, 0) is 4.79 Å². The maximum Gasteiger partial charge on any atom is 0.223 e. The van der Waals surface area contributed by atoms with Crippen LogP contribution in [0.25, 0.3) is 0 Å². The van der Waals surface area contributed by atoms with E-state index in [1.807, 2.05) is 48.5 Å². The Hall–Kier alpha value is -2.69. The largest absolute Gasteiger partial charge is 0.495 e. The highest BCUT2D eigenvalue weighted by molar-refractivity contribution is 5.76. The molecule has 3 rings (SSSR count). The summed E-state index contributed by atoms with van der Waals surface area (Å²) in [5, 5.41) is 3.03. The van der Waals surface area contributed by atoms with Gasteiger partial charge in [-0.2, -0.15) is 0 Å². The molecule has 0 unspecified atom stereocenters. The van der Waals surface area contributed by atoms with Gasteiger partial charge in [0, 0.05) is 19.6 Å². The Morgan fingerprint density at radius 2 is 1.92 bits per heavy atom. The number of nitrogens with one attached hydrogen (secondary N) is 1. The highest BCUT2D eigenvalue weighted by Crippen LogP contribution is 2.31. The Bertz CT molecular complexity index is 705. The van der Waals surface area contributed by atoms with Crippen LogP contribution in [0.3, 0.4) is 0 Å². The number of carbonyl (C=O) groups is 1. The fraction of sp³-hybridized carbons (Fsp3) is 0.381. The molecule has 2 aromatic carbocycles. The molecule has 0 radical (unpaired) electrons. The summed E-state index contributed by atoms with van der Waals surface area (Å²) in [5.74, 6) is 2.19. The van der Waals surface area contributed by atoms with E-state index < -0.39 is 0 Å². The normalized spacial score (nSPS) is 16.3. The monoisotopic (exact) mass is 354 g/mol. The number of nitrogens with zero attached hydrogens (tertiary/aromatic N) is 1. The second-order valence-corrected chi connectivity index (χ2v) is 6.49. The fourth-order valence-electron chi connectivity index (χ4n) is 3.23. The van der Waals surface area contributed by atoms with E-state index in [0.29, 0.717) is 25.5 Å². The maximum absolute atomic E-state index is 12.0. The third-order valence-electron chi connectivity index (χ3n) is 4.64. The highest BCUT2D eigenvalue weighted by atomic mass is 16.5. The van der Waals surface area contributed by atoms with E-state index in [9.17, 15) is 4.79 Å². The van der Waals surface area contributed by atoms with Crippen molar-refractivity contribution in [1.82, 2.24) is 5.32 Å². The molecule has 5 heteroatoms. The Morgan fingerprint density at radius 3 is 2.73 bits per heavy atom. The molecular weight excluding hydrogens is 328 g/mol. The van der Waals surface area contributed by atoms with Crippen molar-refractivity contribution in [3.63, 3.8) is 0 Å². The molecule has 5 nitrogen and oxygen atoms in total. The van der Waals surface area contributed by atoms with Crippen LogP contribution in [0.15, 0.2) is 54.6 Å². The molecule has 1 saturated heterocycles. The van der Waals surface area contributed by atoms with Gasteiger partial charge in [0.15, 0.2) is 0 Å².